The highest BCUT2D eigenvalue weighted by Gasteiger charge is 2.21. The third kappa shape index (κ3) is 2.71. The highest BCUT2D eigenvalue weighted by atomic mass is 16.5. The molecule has 1 N–H and O–H groups in total. The Labute approximate surface area is 99.7 Å². The van der Waals surface area contributed by atoms with Crippen LogP contribution < -0.4 is 0 Å². The van der Waals surface area contributed by atoms with E-state index in [-0.39, 0.29) is 11.7 Å². The van der Waals surface area contributed by atoms with Crippen LogP contribution in [0.5, 0.6) is 0 Å². The molecule has 1 amide bonds. The van der Waals surface area contributed by atoms with Crippen molar-refractivity contribution in [3.8, 4) is 0 Å². The molecule has 17 heavy (non-hydrogen) atoms. The Kier molecular flexibility index (Phi) is 3.53. The van der Waals surface area contributed by atoms with Crippen LogP contribution in [0.4, 0.5) is 0 Å². The van der Waals surface area contributed by atoms with Crippen LogP contribution in [0.3, 0.4) is 0 Å². The minimum atomic E-state index is -0.123. The maximum absolute atomic E-state index is 12.0. The summed E-state index contributed by atoms with van der Waals surface area (Å²) in [6, 6.07) is 0. The first kappa shape index (κ1) is 11.8. The number of amides is 1. The molecule has 0 aliphatic carbocycles. The number of aromatic nitrogens is 3. The number of nitrogens with zero attached hydrogens (tertiary/aromatic N) is 3. The molecule has 1 aliphatic rings. The van der Waals surface area contributed by atoms with Gasteiger partial charge in [-0.1, -0.05) is 6.08 Å². The monoisotopic (exact) mass is 236 g/mol. The van der Waals surface area contributed by atoms with E-state index in [1.807, 2.05) is 6.08 Å². The molecule has 2 rings (SSSR count). The zero-order valence-corrected chi connectivity index (χ0v) is 10.1. The van der Waals surface area contributed by atoms with Crippen LogP contribution in [-0.4, -0.2) is 52.8 Å². The second kappa shape index (κ2) is 5.09. The van der Waals surface area contributed by atoms with Crippen molar-refractivity contribution in [2.24, 2.45) is 0 Å². The number of methoxy groups -OCH3 is 1. The first-order chi connectivity index (χ1) is 8.20. The van der Waals surface area contributed by atoms with Crippen molar-refractivity contribution in [3.05, 3.63) is 23.3 Å². The molecule has 0 spiro atoms. The number of aryl methyl sites for hydroxylation is 1. The molecule has 0 unspecified atom stereocenters. The highest BCUT2D eigenvalue weighted by Crippen LogP contribution is 2.12. The molecule has 1 aliphatic heterocycles. The number of H-pyrrole nitrogens is 1. The van der Waals surface area contributed by atoms with Gasteiger partial charge in [-0.3, -0.25) is 9.89 Å². The lowest BCUT2D eigenvalue weighted by atomic mass is 10.1. The van der Waals surface area contributed by atoms with E-state index in [2.05, 4.69) is 15.2 Å². The number of carbonyl (C=O) groups is 1. The van der Waals surface area contributed by atoms with Crippen LogP contribution in [0.2, 0.25) is 0 Å². The fourth-order valence-corrected chi connectivity index (χ4v) is 1.79. The molecule has 0 bridgehead atoms. The van der Waals surface area contributed by atoms with Crippen molar-refractivity contribution >= 4 is 5.91 Å². The normalized spacial score (nSPS) is 15.9. The molecular formula is C11H16N4O2. The lowest BCUT2D eigenvalue weighted by Gasteiger charge is -2.25. The van der Waals surface area contributed by atoms with E-state index >= 15 is 0 Å². The molecule has 1 aromatic heterocycles. The summed E-state index contributed by atoms with van der Waals surface area (Å²) in [6.07, 6.45) is 2.88. The number of rotatable bonds is 3. The molecule has 6 nitrogen and oxygen atoms in total. The molecule has 0 saturated carbocycles. The summed E-state index contributed by atoms with van der Waals surface area (Å²) in [7, 11) is 1.68. The van der Waals surface area contributed by atoms with Crippen LogP contribution in [0.15, 0.2) is 11.6 Å². The average Bonchev–Trinajstić information content (AvgIpc) is 2.76. The smallest absolute Gasteiger partial charge is 0.293 e. The molecule has 0 radical (unpaired) electrons. The molecule has 0 fully saturated rings. The quantitative estimate of drug-likeness (QED) is 0.777. The number of hydrogen-bond donors (Lipinski definition) is 1. The SMILES string of the molecule is COCC1=CCN(C(=O)c2n[nH]c(C)n2)CC1. The van der Waals surface area contributed by atoms with Gasteiger partial charge in [0, 0.05) is 20.2 Å². The van der Waals surface area contributed by atoms with Gasteiger partial charge < -0.3 is 9.64 Å². The zero-order chi connectivity index (χ0) is 12.3. The average molecular weight is 236 g/mol. The third-order valence-electron chi connectivity index (χ3n) is 2.71. The molecular weight excluding hydrogens is 220 g/mol. The lowest BCUT2D eigenvalue weighted by molar-refractivity contribution is 0.0753. The Bertz CT molecular complexity index is 438. The molecule has 0 atom stereocenters. The maximum Gasteiger partial charge on any atom is 0.293 e. The van der Waals surface area contributed by atoms with E-state index in [9.17, 15) is 4.79 Å². The van der Waals surface area contributed by atoms with Crippen LogP contribution in [0.25, 0.3) is 0 Å². The number of hydrogen-bond acceptors (Lipinski definition) is 4. The summed E-state index contributed by atoms with van der Waals surface area (Å²) in [6.45, 7) is 3.71. The van der Waals surface area contributed by atoms with Crippen molar-refractivity contribution in [2.75, 3.05) is 26.8 Å². The summed E-state index contributed by atoms with van der Waals surface area (Å²) >= 11 is 0. The predicted molar refractivity (Wildman–Crippen MR) is 61.6 cm³/mol. The predicted octanol–water partition coefficient (Wildman–Crippen LogP) is 0.532. The summed E-state index contributed by atoms with van der Waals surface area (Å²) in [5.41, 5.74) is 1.24. The molecule has 2 heterocycles. The van der Waals surface area contributed by atoms with Gasteiger partial charge in [0.05, 0.1) is 6.61 Å². The Hall–Kier alpha value is -1.69. The third-order valence-corrected chi connectivity index (χ3v) is 2.71. The Morgan fingerprint density at radius 1 is 1.65 bits per heavy atom. The van der Waals surface area contributed by atoms with E-state index in [0.717, 1.165) is 6.42 Å². The summed E-state index contributed by atoms with van der Waals surface area (Å²) in [4.78, 5) is 17.8. The zero-order valence-electron chi connectivity index (χ0n) is 10.1. The van der Waals surface area contributed by atoms with Gasteiger partial charge in [0.15, 0.2) is 0 Å². The summed E-state index contributed by atoms with van der Waals surface area (Å²) < 4.78 is 5.06. The summed E-state index contributed by atoms with van der Waals surface area (Å²) in [5, 5.41) is 6.55. The van der Waals surface area contributed by atoms with Gasteiger partial charge in [0.1, 0.15) is 5.82 Å². The molecule has 6 heteroatoms. The fraction of sp³-hybridized carbons (Fsp3) is 0.545. The van der Waals surface area contributed by atoms with Crippen molar-refractivity contribution < 1.29 is 9.53 Å². The van der Waals surface area contributed by atoms with E-state index in [4.69, 9.17) is 4.74 Å². The van der Waals surface area contributed by atoms with Crippen molar-refractivity contribution in [1.29, 1.82) is 0 Å². The van der Waals surface area contributed by atoms with Crippen LogP contribution in [-0.2, 0) is 4.74 Å². The van der Waals surface area contributed by atoms with Gasteiger partial charge in [0.25, 0.3) is 5.91 Å². The fourth-order valence-electron chi connectivity index (χ4n) is 1.79. The number of aromatic amines is 1. The Morgan fingerprint density at radius 2 is 2.47 bits per heavy atom. The van der Waals surface area contributed by atoms with E-state index in [1.165, 1.54) is 5.57 Å². The van der Waals surface area contributed by atoms with Gasteiger partial charge in [-0.25, -0.2) is 4.98 Å². The molecule has 0 aromatic carbocycles. The number of ether oxygens (including phenoxy) is 1. The van der Waals surface area contributed by atoms with Gasteiger partial charge in [-0.2, -0.15) is 0 Å². The number of carbonyl (C=O) groups excluding carboxylic acids is 1. The first-order valence-electron chi connectivity index (χ1n) is 5.56. The Morgan fingerprint density at radius 3 is 3.00 bits per heavy atom. The van der Waals surface area contributed by atoms with Crippen molar-refractivity contribution in [1.82, 2.24) is 20.1 Å². The van der Waals surface area contributed by atoms with Gasteiger partial charge >= 0.3 is 0 Å². The van der Waals surface area contributed by atoms with Crippen LogP contribution >= 0.6 is 0 Å². The topological polar surface area (TPSA) is 71.1 Å². The van der Waals surface area contributed by atoms with E-state index < -0.39 is 0 Å². The minimum absolute atomic E-state index is 0.123. The van der Waals surface area contributed by atoms with Gasteiger partial charge in [-0.15, -0.1) is 5.10 Å². The lowest BCUT2D eigenvalue weighted by Crippen LogP contribution is -2.36. The second-order valence-corrected chi connectivity index (χ2v) is 4.04. The van der Waals surface area contributed by atoms with Gasteiger partial charge in [-0.05, 0) is 18.9 Å². The minimum Gasteiger partial charge on any atom is -0.380 e. The summed E-state index contributed by atoms with van der Waals surface area (Å²) in [5.74, 6) is 0.772. The standard InChI is InChI=1S/C11H16N4O2/c1-8-12-10(14-13-8)11(16)15-5-3-9(4-6-15)7-17-2/h3H,4-7H2,1-2H3,(H,12,13,14). The molecule has 0 saturated heterocycles. The van der Waals surface area contributed by atoms with Crippen LogP contribution in [0, 0.1) is 6.92 Å². The van der Waals surface area contributed by atoms with E-state index in [0.29, 0.717) is 25.5 Å². The van der Waals surface area contributed by atoms with Crippen molar-refractivity contribution in [2.45, 2.75) is 13.3 Å². The number of nitrogens with one attached hydrogen (secondary N) is 1. The highest BCUT2D eigenvalue weighted by molar-refractivity contribution is 5.90. The largest absolute Gasteiger partial charge is 0.380 e. The maximum atomic E-state index is 12.0. The van der Waals surface area contributed by atoms with Crippen molar-refractivity contribution in [3.63, 3.8) is 0 Å². The van der Waals surface area contributed by atoms with Gasteiger partial charge in [0.2, 0.25) is 5.82 Å². The van der Waals surface area contributed by atoms with E-state index in [1.54, 1.807) is 18.9 Å². The molecule has 1 aromatic rings. The molecule has 92 valence electrons. The first-order valence-corrected chi connectivity index (χ1v) is 5.56. The second-order valence-electron chi connectivity index (χ2n) is 4.04. The Balaban J connectivity index is 1.99. The van der Waals surface area contributed by atoms with Crippen LogP contribution in [0.1, 0.15) is 22.9 Å².